The maximum atomic E-state index is 13.5. The van der Waals surface area contributed by atoms with E-state index in [2.05, 4.69) is 4.98 Å². The van der Waals surface area contributed by atoms with Crippen LogP contribution in [0.15, 0.2) is 42.6 Å². The van der Waals surface area contributed by atoms with Gasteiger partial charge in [-0.05, 0) is 24.5 Å². The van der Waals surface area contributed by atoms with Gasteiger partial charge in [0.15, 0.2) is 5.82 Å². The molecule has 1 aromatic carbocycles. The van der Waals surface area contributed by atoms with Crippen LogP contribution in [0.5, 0.6) is 0 Å². The van der Waals surface area contributed by atoms with Gasteiger partial charge >= 0.3 is 0 Å². The summed E-state index contributed by atoms with van der Waals surface area (Å²) in [7, 11) is 1.57. The Balaban J connectivity index is 1.92. The normalized spacial score (nSPS) is 10.4. The lowest BCUT2D eigenvalue weighted by Gasteiger charge is -2.17. The van der Waals surface area contributed by atoms with Crippen molar-refractivity contribution >= 4 is 5.91 Å². The highest BCUT2D eigenvalue weighted by molar-refractivity contribution is 5.94. The summed E-state index contributed by atoms with van der Waals surface area (Å²) in [5.74, 6) is -2.99. The number of pyridine rings is 1. The number of carbonyl (C=O) groups is 1. The number of amides is 1. The third-order valence-electron chi connectivity index (χ3n) is 3.23. The molecule has 110 valence electrons. The highest BCUT2D eigenvalue weighted by atomic mass is 19.2. The molecule has 0 bridgehead atoms. The first kappa shape index (κ1) is 15.1. The van der Waals surface area contributed by atoms with E-state index in [1.54, 1.807) is 7.05 Å². The van der Waals surface area contributed by atoms with Crippen LogP contribution in [0.2, 0.25) is 0 Å². The van der Waals surface area contributed by atoms with Gasteiger partial charge in [0.25, 0.3) is 5.91 Å². The van der Waals surface area contributed by atoms with E-state index >= 15 is 0 Å². The van der Waals surface area contributed by atoms with Crippen LogP contribution in [-0.2, 0) is 6.42 Å². The van der Waals surface area contributed by atoms with Crippen LogP contribution in [0.25, 0.3) is 0 Å². The zero-order valence-electron chi connectivity index (χ0n) is 11.7. The van der Waals surface area contributed by atoms with Gasteiger partial charge in [0, 0.05) is 19.8 Å². The van der Waals surface area contributed by atoms with Gasteiger partial charge < -0.3 is 4.90 Å². The van der Waals surface area contributed by atoms with Gasteiger partial charge in [-0.1, -0.05) is 30.3 Å². The van der Waals surface area contributed by atoms with Crippen LogP contribution in [0.4, 0.5) is 8.78 Å². The van der Waals surface area contributed by atoms with Crippen molar-refractivity contribution < 1.29 is 13.6 Å². The Morgan fingerprint density at radius 3 is 2.62 bits per heavy atom. The smallest absolute Gasteiger partial charge is 0.256 e. The number of aromatic nitrogens is 1. The van der Waals surface area contributed by atoms with Gasteiger partial charge in [-0.25, -0.2) is 9.37 Å². The number of hydrogen-bond acceptors (Lipinski definition) is 2. The molecule has 3 nitrogen and oxygen atoms in total. The second-order valence-corrected chi connectivity index (χ2v) is 4.78. The Labute approximate surface area is 122 Å². The van der Waals surface area contributed by atoms with E-state index in [0.717, 1.165) is 19.0 Å². The summed E-state index contributed by atoms with van der Waals surface area (Å²) in [6.45, 7) is 0.469. The molecule has 21 heavy (non-hydrogen) atoms. The fraction of sp³-hybridized carbons (Fsp3) is 0.250. The van der Waals surface area contributed by atoms with Gasteiger partial charge in [-0.15, -0.1) is 0 Å². The molecule has 0 saturated carbocycles. The van der Waals surface area contributed by atoms with Crippen LogP contribution in [-0.4, -0.2) is 29.4 Å². The topological polar surface area (TPSA) is 33.2 Å². The van der Waals surface area contributed by atoms with Gasteiger partial charge in [-0.2, -0.15) is 4.39 Å². The Bertz CT molecular complexity index is 617. The number of hydrogen-bond donors (Lipinski definition) is 0. The van der Waals surface area contributed by atoms with Crippen molar-refractivity contribution in [3.05, 3.63) is 65.5 Å². The summed E-state index contributed by atoms with van der Waals surface area (Å²) in [6, 6.07) is 11.1. The molecule has 0 radical (unpaired) electrons. The molecule has 0 N–H and O–H groups in total. The number of nitrogens with zero attached hydrogens (tertiary/aromatic N) is 2. The highest BCUT2D eigenvalue weighted by Gasteiger charge is 2.19. The van der Waals surface area contributed by atoms with Gasteiger partial charge in [0.2, 0.25) is 5.95 Å². The lowest BCUT2D eigenvalue weighted by molar-refractivity contribution is 0.0787. The Hall–Kier alpha value is -2.30. The molecule has 0 unspecified atom stereocenters. The predicted octanol–water partition coefficient (Wildman–Crippen LogP) is 3.06. The van der Waals surface area contributed by atoms with Crippen molar-refractivity contribution in [2.24, 2.45) is 0 Å². The molecule has 0 aliphatic carbocycles. The van der Waals surface area contributed by atoms with E-state index in [0.29, 0.717) is 6.54 Å². The standard InChI is InChI=1S/C16H16F2N2O/c1-20(11-5-8-12-6-3-2-4-7-12)16(21)13-9-10-19-15(18)14(13)17/h2-4,6-7,9-10H,5,8,11H2,1H3. The quantitative estimate of drug-likeness (QED) is 0.793. The van der Waals surface area contributed by atoms with Crippen LogP contribution in [0.1, 0.15) is 22.3 Å². The molecule has 1 aromatic heterocycles. The summed E-state index contributed by atoms with van der Waals surface area (Å²) >= 11 is 0. The van der Waals surface area contributed by atoms with Crippen LogP contribution < -0.4 is 0 Å². The molecule has 1 amide bonds. The maximum Gasteiger partial charge on any atom is 0.256 e. The minimum absolute atomic E-state index is 0.287. The van der Waals surface area contributed by atoms with E-state index in [1.165, 1.54) is 16.5 Å². The molecule has 5 heteroatoms. The summed E-state index contributed by atoms with van der Waals surface area (Å²) in [6.07, 6.45) is 2.66. The SMILES string of the molecule is CN(CCCc1ccccc1)C(=O)c1ccnc(F)c1F. The van der Waals surface area contributed by atoms with Crippen LogP contribution >= 0.6 is 0 Å². The van der Waals surface area contributed by atoms with Crippen LogP contribution in [0.3, 0.4) is 0 Å². The molecule has 0 atom stereocenters. The van der Waals surface area contributed by atoms with Crippen molar-refractivity contribution in [1.82, 2.24) is 9.88 Å². The molecular formula is C16H16F2N2O. The molecule has 0 fully saturated rings. The zero-order valence-corrected chi connectivity index (χ0v) is 11.7. The maximum absolute atomic E-state index is 13.5. The van der Waals surface area contributed by atoms with Crippen molar-refractivity contribution in [2.45, 2.75) is 12.8 Å². The zero-order chi connectivity index (χ0) is 15.2. The first-order chi connectivity index (χ1) is 10.1. The van der Waals surface area contributed by atoms with E-state index in [1.807, 2.05) is 30.3 Å². The molecular weight excluding hydrogens is 274 g/mol. The van der Waals surface area contributed by atoms with Crippen LogP contribution in [0, 0.1) is 11.8 Å². The summed E-state index contributed by atoms with van der Waals surface area (Å²) in [4.78, 5) is 16.6. The lowest BCUT2D eigenvalue weighted by atomic mass is 10.1. The monoisotopic (exact) mass is 290 g/mol. The second kappa shape index (κ2) is 6.92. The van der Waals surface area contributed by atoms with E-state index in [4.69, 9.17) is 0 Å². The van der Waals surface area contributed by atoms with Crippen molar-refractivity contribution in [1.29, 1.82) is 0 Å². The third-order valence-corrected chi connectivity index (χ3v) is 3.23. The Morgan fingerprint density at radius 2 is 1.90 bits per heavy atom. The fourth-order valence-electron chi connectivity index (χ4n) is 2.06. The van der Waals surface area contributed by atoms with Gasteiger partial charge in [0.05, 0.1) is 5.56 Å². The van der Waals surface area contributed by atoms with Crippen molar-refractivity contribution in [3.63, 3.8) is 0 Å². The van der Waals surface area contributed by atoms with E-state index in [-0.39, 0.29) is 5.56 Å². The number of carbonyl (C=O) groups excluding carboxylic acids is 1. The number of benzene rings is 1. The molecule has 2 rings (SSSR count). The van der Waals surface area contributed by atoms with Crippen molar-refractivity contribution in [3.8, 4) is 0 Å². The minimum atomic E-state index is -1.25. The lowest BCUT2D eigenvalue weighted by Crippen LogP contribution is -2.29. The first-order valence-electron chi connectivity index (χ1n) is 6.69. The average Bonchev–Trinajstić information content (AvgIpc) is 2.50. The first-order valence-corrected chi connectivity index (χ1v) is 6.69. The van der Waals surface area contributed by atoms with Crippen molar-refractivity contribution in [2.75, 3.05) is 13.6 Å². The molecule has 1 heterocycles. The van der Waals surface area contributed by atoms with Gasteiger partial charge in [0.1, 0.15) is 0 Å². The molecule has 0 aliphatic heterocycles. The number of halogens is 2. The minimum Gasteiger partial charge on any atom is -0.342 e. The predicted molar refractivity (Wildman–Crippen MR) is 75.9 cm³/mol. The fourth-order valence-corrected chi connectivity index (χ4v) is 2.06. The van der Waals surface area contributed by atoms with E-state index in [9.17, 15) is 13.6 Å². The molecule has 0 saturated heterocycles. The highest BCUT2D eigenvalue weighted by Crippen LogP contribution is 2.12. The van der Waals surface area contributed by atoms with Gasteiger partial charge in [-0.3, -0.25) is 4.79 Å². The number of rotatable bonds is 5. The Kier molecular flexibility index (Phi) is 4.98. The summed E-state index contributed by atoms with van der Waals surface area (Å²) in [5.41, 5.74) is 0.893. The largest absolute Gasteiger partial charge is 0.342 e. The molecule has 2 aromatic rings. The number of aryl methyl sites for hydroxylation is 1. The molecule has 0 aliphatic rings. The summed E-state index contributed by atoms with van der Waals surface area (Å²) < 4.78 is 26.5. The summed E-state index contributed by atoms with van der Waals surface area (Å²) in [5, 5.41) is 0. The Morgan fingerprint density at radius 1 is 1.19 bits per heavy atom. The average molecular weight is 290 g/mol. The third kappa shape index (κ3) is 3.84. The molecule has 0 spiro atoms. The second-order valence-electron chi connectivity index (χ2n) is 4.78. The van der Waals surface area contributed by atoms with E-state index < -0.39 is 17.7 Å².